The number of hydrogen-bond donors (Lipinski definition) is 1. The Bertz CT molecular complexity index is 769. The molecule has 0 aromatic heterocycles. The SMILES string of the molecule is COC(=O)C(C)Sc1ccccc1C(=O)NCCOc1cccc(Cl)c1. The highest BCUT2D eigenvalue weighted by Gasteiger charge is 2.18. The summed E-state index contributed by atoms with van der Waals surface area (Å²) in [6, 6.07) is 14.2. The van der Waals surface area contributed by atoms with Crippen LogP contribution in [0, 0.1) is 0 Å². The van der Waals surface area contributed by atoms with E-state index < -0.39 is 5.25 Å². The molecule has 7 heteroatoms. The molecule has 0 fully saturated rings. The van der Waals surface area contributed by atoms with Crippen LogP contribution in [0.15, 0.2) is 53.4 Å². The molecule has 0 radical (unpaired) electrons. The van der Waals surface area contributed by atoms with Crippen molar-refractivity contribution >= 4 is 35.2 Å². The Hall–Kier alpha value is -2.18. The molecule has 0 aliphatic carbocycles. The van der Waals surface area contributed by atoms with E-state index in [1.807, 2.05) is 12.1 Å². The molecule has 0 saturated carbocycles. The molecule has 1 amide bonds. The van der Waals surface area contributed by atoms with Crippen LogP contribution >= 0.6 is 23.4 Å². The van der Waals surface area contributed by atoms with Crippen LogP contribution in [0.4, 0.5) is 0 Å². The molecule has 0 aliphatic heterocycles. The number of nitrogens with one attached hydrogen (secondary N) is 1. The van der Waals surface area contributed by atoms with E-state index in [9.17, 15) is 9.59 Å². The first-order valence-electron chi connectivity index (χ1n) is 8.01. The molecule has 1 N–H and O–H groups in total. The van der Waals surface area contributed by atoms with Crippen LogP contribution in [0.1, 0.15) is 17.3 Å². The molecule has 5 nitrogen and oxygen atoms in total. The van der Waals surface area contributed by atoms with Crippen molar-refractivity contribution in [3.05, 3.63) is 59.1 Å². The molecule has 2 rings (SSSR count). The lowest BCUT2D eigenvalue weighted by atomic mass is 10.2. The summed E-state index contributed by atoms with van der Waals surface area (Å²) >= 11 is 7.18. The smallest absolute Gasteiger partial charge is 0.318 e. The Morgan fingerprint density at radius 2 is 1.96 bits per heavy atom. The third-order valence-electron chi connectivity index (χ3n) is 3.42. The number of carbonyl (C=O) groups excluding carboxylic acids is 2. The number of ether oxygens (including phenoxy) is 2. The number of halogens is 1. The molecule has 0 aliphatic rings. The van der Waals surface area contributed by atoms with E-state index in [4.69, 9.17) is 21.1 Å². The molecular formula is C19H20ClNO4S. The van der Waals surface area contributed by atoms with Gasteiger partial charge in [-0.25, -0.2) is 0 Å². The van der Waals surface area contributed by atoms with Crippen molar-refractivity contribution in [3.63, 3.8) is 0 Å². The molecule has 2 aromatic carbocycles. The van der Waals surface area contributed by atoms with Crippen molar-refractivity contribution in [1.82, 2.24) is 5.32 Å². The zero-order valence-electron chi connectivity index (χ0n) is 14.5. The number of carbonyl (C=O) groups is 2. The number of rotatable bonds is 8. The van der Waals surface area contributed by atoms with E-state index in [1.54, 1.807) is 43.3 Å². The molecule has 0 heterocycles. The Labute approximate surface area is 162 Å². The van der Waals surface area contributed by atoms with E-state index in [0.29, 0.717) is 29.5 Å². The van der Waals surface area contributed by atoms with E-state index >= 15 is 0 Å². The molecular weight excluding hydrogens is 374 g/mol. The lowest BCUT2D eigenvalue weighted by molar-refractivity contribution is -0.139. The quantitative estimate of drug-likeness (QED) is 0.420. The van der Waals surface area contributed by atoms with Gasteiger partial charge in [-0.1, -0.05) is 29.8 Å². The van der Waals surface area contributed by atoms with Crippen molar-refractivity contribution in [1.29, 1.82) is 0 Å². The monoisotopic (exact) mass is 393 g/mol. The number of thioether (sulfide) groups is 1. The third kappa shape index (κ3) is 5.97. The summed E-state index contributed by atoms with van der Waals surface area (Å²) in [5.74, 6) is 0.0922. The first-order chi connectivity index (χ1) is 12.5. The summed E-state index contributed by atoms with van der Waals surface area (Å²) in [4.78, 5) is 24.8. The van der Waals surface area contributed by atoms with Gasteiger partial charge in [-0.3, -0.25) is 9.59 Å². The van der Waals surface area contributed by atoms with Crippen molar-refractivity contribution in [2.45, 2.75) is 17.1 Å². The van der Waals surface area contributed by atoms with Gasteiger partial charge in [0.2, 0.25) is 0 Å². The van der Waals surface area contributed by atoms with Gasteiger partial charge >= 0.3 is 5.97 Å². The molecule has 1 unspecified atom stereocenters. The molecule has 0 bridgehead atoms. The standard InChI is InChI=1S/C19H20ClNO4S/c1-13(19(23)24-2)26-17-9-4-3-8-16(17)18(22)21-10-11-25-15-7-5-6-14(20)12-15/h3-9,12-13H,10-11H2,1-2H3,(H,21,22). The fraction of sp³-hybridized carbons (Fsp3) is 0.263. The van der Waals surface area contributed by atoms with Gasteiger partial charge in [0.1, 0.15) is 17.6 Å². The fourth-order valence-electron chi connectivity index (χ4n) is 2.15. The van der Waals surface area contributed by atoms with Crippen molar-refractivity contribution < 1.29 is 19.1 Å². The van der Waals surface area contributed by atoms with Gasteiger partial charge in [-0.2, -0.15) is 0 Å². The van der Waals surface area contributed by atoms with Crippen molar-refractivity contribution in [3.8, 4) is 5.75 Å². The number of amides is 1. The minimum Gasteiger partial charge on any atom is -0.492 e. The largest absolute Gasteiger partial charge is 0.492 e. The van der Waals surface area contributed by atoms with Gasteiger partial charge < -0.3 is 14.8 Å². The van der Waals surface area contributed by atoms with Crippen LogP contribution in [0.5, 0.6) is 5.75 Å². The zero-order chi connectivity index (χ0) is 18.9. The first kappa shape index (κ1) is 20.1. The molecule has 0 saturated heterocycles. The molecule has 0 spiro atoms. The van der Waals surface area contributed by atoms with E-state index in [0.717, 1.165) is 4.90 Å². The summed E-state index contributed by atoms with van der Waals surface area (Å²) in [7, 11) is 1.35. The average Bonchev–Trinajstić information content (AvgIpc) is 2.64. The maximum absolute atomic E-state index is 12.4. The van der Waals surface area contributed by atoms with Gasteiger partial charge in [0.05, 0.1) is 19.2 Å². The Kier molecular flexibility index (Phi) is 7.81. The molecule has 26 heavy (non-hydrogen) atoms. The maximum atomic E-state index is 12.4. The minimum absolute atomic E-state index is 0.222. The first-order valence-corrected chi connectivity index (χ1v) is 9.27. The van der Waals surface area contributed by atoms with Gasteiger partial charge in [0.25, 0.3) is 5.91 Å². The normalized spacial score (nSPS) is 11.5. The summed E-state index contributed by atoms with van der Waals surface area (Å²) < 4.78 is 10.3. The molecule has 1 atom stereocenters. The van der Waals surface area contributed by atoms with E-state index in [1.165, 1.54) is 18.9 Å². The highest BCUT2D eigenvalue weighted by molar-refractivity contribution is 8.00. The topological polar surface area (TPSA) is 64.6 Å². The summed E-state index contributed by atoms with van der Waals surface area (Å²) in [5, 5.41) is 3.01. The number of hydrogen-bond acceptors (Lipinski definition) is 5. The summed E-state index contributed by atoms with van der Waals surface area (Å²) in [5.41, 5.74) is 0.510. The number of esters is 1. The predicted octanol–water partition coefficient (Wildman–Crippen LogP) is 3.80. The van der Waals surface area contributed by atoms with Gasteiger partial charge in [-0.05, 0) is 37.3 Å². The summed E-state index contributed by atoms with van der Waals surface area (Å²) in [6.07, 6.45) is 0. The fourth-order valence-corrected chi connectivity index (χ4v) is 3.35. The molecule has 2 aromatic rings. The molecule has 138 valence electrons. The van der Waals surface area contributed by atoms with Gasteiger partial charge in [0.15, 0.2) is 0 Å². The highest BCUT2D eigenvalue weighted by atomic mass is 35.5. The number of benzene rings is 2. The second-order valence-electron chi connectivity index (χ2n) is 5.34. The van der Waals surface area contributed by atoms with Gasteiger partial charge in [-0.15, -0.1) is 11.8 Å². The second-order valence-corrected chi connectivity index (χ2v) is 7.16. The number of methoxy groups -OCH3 is 1. The van der Waals surface area contributed by atoms with E-state index in [2.05, 4.69) is 5.32 Å². The van der Waals surface area contributed by atoms with Crippen molar-refractivity contribution in [2.24, 2.45) is 0 Å². The van der Waals surface area contributed by atoms with E-state index in [-0.39, 0.29) is 11.9 Å². The summed E-state index contributed by atoms with van der Waals surface area (Å²) in [6.45, 7) is 2.40. The lowest BCUT2D eigenvalue weighted by Gasteiger charge is -2.13. The minimum atomic E-state index is -0.403. The highest BCUT2D eigenvalue weighted by Crippen LogP contribution is 2.27. The van der Waals surface area contributed by atoms with Crippen LogP contribution in [-0.2, 0) is 9.53 Å². The Balaban J connectivity index is 1.90. The van der Waals surface area contributed by atoms with Gasteiger partial charge in [0, 0.05) is 9.92 Å². The Morgan fingerprint density at radius 3 is 2.69 bits per heavy atom. The lowest BCUT2D eigenvalue weighted by Crippen LogP contribution is -2.28. The average molecular weight is 394 g/mol. The second kappa shape index (κ2) is 10.1. The van der Waals surface area contributed by atoms with Crippen LogP contribution in [0.25, 0.3) is 0 Å². The van der Waals surface area contributed by atoms with Crippen molar-refractivity contribution in [2.75, 3.05) is 20.3 Å². The third-order valence-corrected chi connectivity index (χ3v) is 4.81. The maximum Gasteiger partial charge on any atom is 0.318 e. The van der Waals surface area contributed by atoms with Crippen LogP contribution in [0.3, 0.4) is 0 Å². The van der Waals surface area contributed by atoms with Crippen LogP contribution in [0.2, 0.25) is 5.02 Å². The Morgan fingerprint density at radius 1 is 1.19 bits per heavy atom. The predicted molar refractivity (Wildman–Crippen MR) is 103 cm³/mol. The van der Waals surface area contributed by atoms with Crippen LogP contribution in [-0.4, -0.2) is 37.4 Å². The van der Waals surface area contributed by atoms with Crippen LogP contribution < -0.4 is 10.1 Å². The zero-order valence-corrected chi connectivity index (χ0v) is 16.1.